The normalized spacial score (nSPS) is 11.3. The summed E-state index contributed by atoms with van der Waals surface area (Å²) in [5, 5.41) is 12.3. The van der Waals surface area contributed by atoms with E-state index in [1.54, 1.807) is 38.2 Å². The van der Waals surface area contributed by atoms with E-state index < -0.39 is 11.7 Å². The van der Waals surface area contributed by atoms with Gasteiger partial charge in [-0.1, -0.05) is 23.4 Å². The highest BCUT2D eigenvalue weighted by molar-refractivity contribution is 6.45. The summed E-state index contributed by atoms with van der Waals surface area (Å²) in [5.41, 5.74) is 6.69. The van der Waals surface area contributed by atoms with Crippen molar-refractivity contribution in [2.75, 3.05) is 33.8 Å². The van der Waals surface area contributed by atoms with Gasteiger partial charge in [-0.15, -0.1) is 0 Å². The summed E-state index contributed by atoms with van der Waals surface area (Å²) in [7, 11) is 3.04. The summed E-state index contributed by atoms with van der Waals surface area (Å²) >= 11 is 0. The summed E-state index contributed by atoms with van der Waals surface area (Å²) in [6, 6.07) is 8.80. The Morgan fingerprint density at radius 1 is 1.21 bits per heavy atom. The maximum atomic E-state index is 13.2. The molecule has 0 bridgehead atoms. The second-order valence-electron chi connectivity index (χ2n) is 7.42. The van der Waals surface area contributed by atoms with Gasteiger partial charge in [0.1, 0.15) is 11.4 Å². The molecule has 1 aromatic carbocycles. The molecule has 0 aliphatic heterocycles. The van der Waals surface area contributed by atoms with Crippen molar-refractivity contribution in [3.8, 4) is 5.75 Å². The number of benzene rings is 1. The van der Waals surface area contributed by atoms with Crippen molar-refractivity contribution >= 4 is 34.3 Å². The molecule has 0 spiro atoms. The number of carbonyl (C=O) groups is 3. The van der Waals surface area contributed by atoms with Crippen molar-refractivity contribution in [3.63, 3.8) is 0 Å². The molecular weight excluding hydrogens is 440 g/mol. The van der Waals surface area contributed by atoms with Crippen molar-refractivity contribution in [1.82, 2.24) is 19.8 Å². The Hall–Kier alpha value is -4.41. The number of rotatable bonds is 9. The van der Waals surface area contributed by atoms with Crippen molar-refractivity contribution < 1.29 is 24.3 Å². The molecule has 0 aliphatic rings. The van der Waals surface area contributed by atoms with Crippen LogP contribution >= 0.6 is 0 Å². The van der Waals surface area contributed by atoms with Gasteiger partial charge in [0.15, 0.2) is 5.84 Å². The number of ketones is 1. The highest BCUT2D eigenvalue weighted by Gasteiger charge is 2.28. The molecule has 0 saturated carbocycles. The SMILES string of the molecule is CCN(CCN(C)C(=O)c1ccccc1)C(=O)C(=O)c1c[nH]c2c(/C(N)=N/O)ncc(OC)c12. The first-order valence-electron chi connectivity index (χ1n) is 10.5. The minimum atomic E-state index is -0.764. The fourth-order valence-corrected chi connectivity index (χ4v) is 3.53. The van der Waals surface area contributed by atoms with E-state index in [-0.39, 0.29) is 48.4 Å². The maximum Gasteiger partial charge on any atom is 0.295 e. The molecule has 178 valence electrons. The van der Waals surface area contributed by atoms with Gasteiger partial charge in [-0.25, -0.2) is 4.98 Å². The number of nitrogens with zero attached hydrogens (tertiary/aromatic N) is 4. The van der Waals surface area contributed by atoms with E-state index >= 15 is 0 Å². The molecule has 11 nitrogen and oxygen atoms in total. The number of carbonyl (C=O) groups excluding carboxylic acids is 3. The van der Waals surface area contributed by atoms with Crippen LogP contribution in [0.2, 0.25) is 0 Å². The quantitative estimate of drug-likeness (QED) is 0.108. The molecule has 0 radical (unpaired) electrons. The Morgan fingerprint density at radius 2 is 1.91 bits per heavy atom. The summed E-state index contributed by atoms with van der Waals surface area (Å²) in [4.78, 5) is 48.6. The minimum absolute atomic E-state index is 0.0680. The Bertz CT molecular complexity index is 1240. The van der Waals surface area contributed by atoms with Gasteiger partial charge < -0.3 is 30.5 Å². The van der Waals surface area contributed by atoms with Gasteiger partial charge in [-0.2, -0.15) is 0 Å². The standard InChI is InChI=1S/C23H26N6O5/c1-4-29(11-10-28(2)22(31)14-8-6-5-7-9-14)23(32)20(30)15-12-25-18-17(15)16(34-3)13-26-19(18)21(24)27-33/h5-9,12-13,25,33H,4,10-11H2,1-3H3,(H2,24,27). The topological polar surface area (TPSA) is 154 Å². The number of Topliss-reactive ketones (excluding diaryl/α,β-unsaturated/α-hetero) is 1. The van der Waals surface area contributed by atoms with Crippen LogP contribution in [0.1, 0.15) is 33.3 Å². The van der Waals surface area contributed by atoms with Crippen molar-refractivity contribution in [2.45, 2.75) is 6.92 Å². The highest BCUT2D eigenvalue weighted by Crippen LogP contribution is 2.30. The van der Waals surface area contributed by atoms with E-state index in [1.165, 1.54) is 29.3 Å². The molecule has 2 aromatic heterocycles. The average molecular weight is 466 g/mol. The van der Waals surface area contributed by atoms with E-state index in [4.69, 9.17) is 15.7 Å². The van der Waals surface area contributed by atoms with E-state index in [1.807, 2.05) is 6.07 Å². The average Bonchev–Trinajstić information content (AvgIpc) is 3.32. The number of aromatic nitrogens is 2. The molecule has 0 unspecified atom stereocenters. The first-order chi connectivity index (χ1) is 16.3. The zero-order chi connectivity index (χ0) is 24.8. The van der Waals surface area contributed by atoms with Crippen LogP contribution in [-0.2, 0) is 4.79 Å². The molecule has 0 aliphatic carbocycles. The molecule has 0 saturated heterocycles. The number of nitrogens with two attached hydrogens (primary N) is 1. The number of likely N-dealkylation sites (N-methyl/N-ethyl adjacent to an activating group) is 2. The molecule has 3 rings (SSSR count). The van der Waals surface area contributed by atoms with Crippen LogP contribution in [-0.4, -0.2) is 82.2 Å². The van der Waals surface area contributed by atoms with Gasteiger partial charge in [0.2, 0.25) is 0 Å². The second kappa shape index (κ2) is 10.5. The van der Waals surface area contributed by atoms with E-state index in [2.05, 4.69) is 15.1 Å². The third-order valence-corrected chi connectivity index (χ3v) is 5.43. The van der Waals surface area contributed by atoms with Crippen LogP contribution in [0.3, 0.4) is 0 Å². The highest BCUT2D eigenvalue weighted by atomic mass is 16.5. The molecule has 2 heterocycles. The van der Waals surface area contributed by atoms with E-state index in [0.717, 1.165) is 0 Å². The molecule has 3 aromatic rings. The van der Waals surface area contributed by atoms with Crippen molar-refractivity contribution in [2.24, 2.45) is 10.9 Å². The Morgan fingerprint density at radius 3 is 2.53 bits per heavy atom. The number of ether oxygens (including phenoxy) is 1. The zero-order valence-electron chi connectivity index (χ0n) is 19.1. The number of nitrogens with one attached hydrogen (secondary N) is 1. The Kier molecular flexibility index (Phi) is 7.46. The van der Waals surface area contributed by atoms with E-state index in [0.29, 0.717) is 16.5 Å². The lowest BCUT2D eigenvalue weighted by Crippen LogP contribution is -2.42. The van der Waals surface area contributed by atoms with Crippen molar-refractivity contribution in [1.29, 1.82) is 0 Å². The monoisotopic (exact) mass is 466 g/mol. The smallest absolute Gasteiger partial charge is 0.295 e. The van der Waals surface area contributed by atoms with Crippen LogP contribution < -0.4 is 10.5 Å². The minimum Gasteiger partial charge on any atom is -0.494 e. The molecular formula is C23H26N6O5. The zero-order valence-corrected chi connectivity index (χ0v) is 19.1. The van der Waals surface area contributed by atoms with Gasteiger partial charge in [0.25, 0.3) is 17.6 Å². The first-order valence-corrected chi connectivity index (χ1v) is 10.5. The number of hydrogen-bond acceptors (Lipinski definition) is 7. The number of H-pyrrole nitrogens is 1. The fraction of sp³-hybridized carbons (Fsp3) is 0.261. The summed E-state index contributed by atoms with van der Waals surface area (Å²) in [5.74, 6) is -1.69. The van der Waals surface area contributed by atoms with Gasteiger partial charge >= 0.3 is 0 Å². The number of pyridine rings is 1. The lowest BCUT2D eigenvalue weighted by Gasteiger charge is -2.24. The van der Waals surface area contributed by atoms with Gasteiger partial charge in [-0.05, 0) is 19.1 Å². The predicted molar refractivity (Wildman–Crippen MR) is 125 cm³/mol. The predicted octanol–water partition coefficient (Wildman–Crippen LogP) is 1.47. The number of methoxy groups -OCH3 is 1. The number of amides is 2. The van der Waals surface area contributed by atoms with Crippen LogP contribution in [0, 0.1) is 0 Å². The number of oxime groups is 1. The van der Waals surface area contributed by atoms with Crippen molar-refractivity contribution in [3.05, 3.63) is 59.5 Å². The third kappa shape index (κ3) is 4.68. The van der Waals surface area contributed by atoms with Gasteiger partial charge in [0.05, 0.1) is 29.8 Å². The summed E-state index contributed by atoms with van der Waals surface area (Å²) in [6.45, 7) is 2.44. The molecule has 4 N–H and O–H groups in total. The lowest BCUT2D eigenvalue weighted by molar-refractivity contribution is -0.126. The maximum absolute atomic E-state index is 13.2. The van der Waals surface area contributed by atoms with E-state index in [9.17, 15) is 14.4 Å². The number of hydrogen-bond donors (Lipinski definition) is 3. The van der Waals surface area contributed by atoms with Gasteiger partial charge in [0, 0.05) is 38.4 Å². The number of amidine groups is 1. The molecule has 34 heavy (non-hydrogen) atoms. The van der Waals surface area contributed by atoms with Crippen LogP contribution in [0.15, 0.2) is 47.9 Å². The number of fused-ring (bicyclic) bond motifs is 1. The Balaban J connectivity index is 1.82. The summed E-state index contributed by atoms with van der Waals surface area (Å²) < 4.78 is 5.31. The lowest BCUT2D eigenvalue weighted by atomic mass is 10.1. The van der Waals surface area contributed by atoms with Crippen LogP contribution in [0.5, 0.6) is 5.75 Å². The number of aromatic amines is 1. The third-order valence-electron chi connectivity index (χ3n) is 5.43. The molecule has 11 heteroatoms. The second-order valence-corrected chi connectivity index (χ2v) is 7.42. The molecule has 0 fully saturated rings. The largest absolute Gasteiger partial charge is 0.494 e. The first kappa shape index (κ1) is 24.2. The Labute approximate surface area is 195 Å². The molecule has 2 amide bonds. The van der Waals surface area contributed by atoms with Crippen LogP contribution in [0.25, 0.3) is 10.9 Å². The van der Waals surface area contributed by atoms with Crippen LogP contribution in [0.4, 0.5) is 0 Å². The molecule has 0 atom stereocenters. The summed E-state index contributed by atoms with van der Waals surface area (Å²) in [6.07, 6.45) is 2.69. The fourth-order valence-electron chi connectivity index (χ4n) is 3.53. The van der Waals surface area contributed by atoms with Gasteiger partial charge in [-0.3, -0.25) is 14.4 Å².